The van der Waals surface area contributed by atoms with E-state index in [1.807, 2.05) is 0 Å². The zero-order valence-corrected chi connectivity index (χ0v) is 20.8. The largest absolute Gasteiger partial charge is 0.482 e. The standard InChI is InChI=1S/C26H26N2O9/c1-16-11-22(19-8-6-9-20(13-19)28(32)33)24(25(30)35-4)17(2)27(16)26(31)37-14-18-7-5-10-21(12-18)36-15-23(29)34-3/h5-13,22H,14-15H2,1-4H3. The molecule has 0 radical (unpaired) electrons. The minimum absolute atomic E-state index is 0.104. The van der Waals surface area contributed by atoms with Crippen molar-refractivity contribution in [2.24, 2.45) is 0 Å². The summed E-state index contributed by atoms with van der Waals surface area (Å²) in [5.41, 5.74) is 1.91. The van der Waals surface area contributed by atoms with Gasteiger partial charge in [-0.15, -0.1) is 0 Å². The van der Waals surface area contributed by atoms with Gasteiger partial charge in [0.05, 0.1) is 24.7 Å². The normalized spacial score (nSPS) is 15.0. The number of carbonyl (C=O) groups excluding carboxylic acids is 3. The first-order valence-electron chi connectivity index (χ1n) is 11.1. The van der Waals surface area contributed by atoms with Crippen molar-refractivity contribution in [1.29, 1.82) is 0 Å². The van der Waals surface area contributed by atoms with Crippen LogP contribution in [0.15, 0.2) is 71.6 Å². The maximum atomic E-state index is 13.1. The third-order valence-corrected chi connectivity index (χ3v) is 5.67. The van der Waals surface area contributed by atoms with Crippen molar-refractivity contribution in [2.45, 2.75) is 26.4 Å². The van der Waals surface area contributed by atoms with E-state index in [-0.39, 0.29) is 30.2 Å². The van der Waals surface area contributed by atoms with Crippen LogP contribution in [0.4, 0.5) is 10.5 Å². The fourth-order valence-electron chi connectivity index (χ4n) is 3.91. The number of nitro benzene ring substituents is 1. The third kappa shape index (κ3) is 6.31. The lowest BCUT2D eigenvalue weighted by atomic mass is 9.86. The second-order valence-electron chi connectivity index (χ2n) is 8.03. The Morgan fingerprint density at radius 2 is 1.76 bits per heavy atom. The third-order valence-electron chi connectivity index (χ3n) is 5.67. The molecule has 37 heavy (non-hydrogen) atoms. The molecule has 0 aliphatic carbocycles. The molecule has 1 aliphatic heterocycles. The molecule has 1 atom stereocenters. The van der Waals surface area contributed by atoms with E-state index in [0.717, 1.165) is 0 Å². The van der Waals surface area contributed by atoms with Crippen LogP contribution in [0.25, 0.3) is 0 Å². The highest BCUT2D eigenvalue weighted by molar-refractivity contribution is 5.93. The second kappa shape index (κ2) is 11.8. The summed E-state index contributed by atoms with van der Waals surface area (Å²) in [6.07, 6.45) is 0.923. The zero-order valence-electron chi connectivity index (χ0n) is 20.8. The van der Waals surface area contributed by atoms with Gasteiger partial charge in [0.2, 0.25) is 0 Å². The summed E-state index contributed by atoms with van der Waals surface area (Å²) < 4.78 is 20.3. The monoisotopic (exact) mass is 510 g/mol. The zero-order chi connectivity index (χ0) is 27.1. The lowest BCUT2D eigenvalue weighted by molar-refractivity contribution is -0.384. The van der Waals surface area contributed by atoms with Crippen LogP contribution in [-0.4, -0.2) is 48.7 Å². The molecule has 0 saturated carbocycles. The maximum absolute atomic E-state index is 13.1. The minimum Gasteiger partial charge on any atom is -0.482 e. The van der Waals surface area contributed by atoms with Crippen LogP contribution in [0.2, 0.25) is 0 Å². The molecule has 2 aromatic carbocycles. The van der Waals surface area contributed by atoms with Crippen LogP contribution in [0, 0.1) is 10.1 Å². The summed E-state index contributed by atoms with van der Waals surface area (Å²) in [7, 11) is 2.47. The van der Waals surface area contributed by atoms with Crippen molar-refractivity contribution >= 4 is 23.7 Å². The molecule has 1 aliphatic rings. The number of esters is 2. The second-order valence-corrected chi connectivity index (χ2v) is 8.03. The van der Waals surface area contributed by atoms with Crippen LogP contribution < -0.4 is 4.74 Å². The summed E-state index contributed by atoms with van der Waals surface area (Å²) in [4.78, 5) is 49.1. The molecule has 1 amide bonds. The van der Waals surface area contributed by atoms with E-state index < -0.39 is 28.9 Å². The SMILES string of the molecule is COC(=O)COc1cccc(COC(=O)N2C(C)=CC(c3cccc([N+](=O)[O-])c3)C(C(=O)OC)=C2C)c1. The Balaban J connectivity index is 1.83. The Morgan fingerprint density at radius 3 is 2.43 bits per heavy atom. The van der Waals surface area contributed by atoms with Gasteiger partial charge in [-0.05, 0) is 37.1 Å². The lowest BCUT2D eigenvalue weighted by Gasteiger charge is -2.32. The smallest absolute Gasteiger partial charge is 0.418 e. The first-order chi connectivity index (χ1) is 17.7. The van der Waals surface area contributed by atoms with Gasteiger partial charge in [-0.1, -0.05) is 30.3 Å². The lowest BCUT2D eigenvalue weighted by Crippen LogP contribution is -2.34. The van der Waals surface area contributed by atoms with Crippen molar-refractivity contribution in [3.05, 3.63) is 92.8 Å². The maximum Gasteiger partial charge on any atom is 0.418 e. The molecule has 0 saturated heterocycles. The Hall–Kier alpha value is -4.67. The quantitative estimate of drug-likeness (QED) is 0.221. The van der Waals surface area contributed by atoms with Gasteiger partial charge >= 0.3 is 18.0 Å². The van der Waals surface area contributed by atoms with Gasteiger partial charge in [-0.2, -0.15) is 0 Å². The Kier molecular flexibility index (Phi) is 8.62. The first kappa shape index (κ1) is 26.9. The Labute approximate surface area is 213 Å². The van der Waals surface area contributed by atoms with Gasteiger partial charge in [0.25, 0.3) is 5.69 Å². The summed E-state index contributed by atoms with van der Waals surface area (Å²) in [5, 5.41) is 11.3. The topological polar surface area (TPSA) is 135 Å². The van der Waals surface area contributed by atoms with Crippen LogP contribution >= 0.6 is 0 Å². The number of benzene rings is 2. The fraction of sp³-hybridized carbons (Fsp3) is 0.269. The number of amides is 1. The van der Waals surface area contributed by atoms with E-state index in [1.165, 1.54) is 37.3 Å². The Morgan fingerprint density at radius 1 is 1.03 bits per heavy atom. The average molecular weight is 510 g/mol. The van der Waals surface area contributed by atoms with E-state index in [2.05, 4.69) is 4.74 Å². The molecule has 3 rings (SSSR count). The summed E-state index contributed by atoms with van der Waals surface area (Å²) in [6, 6.07) is 12.6. The number of rotatable bonds is 8. The molecule has 1 heterocycles. The number of ether oxygens (including phenoxy) is 4. The molecular formula is C26H26N2O9. The van der Waals surface area contributed by atoms with Gasteiger partial charge in [-0.25, -0.2) is 14.4 Å². The molecular weight excluding hydrogens is 484 g/mol. The number of hydrogen-bond donors (Lipinski definition) is 0. The van der Waals surface area contributed by atoms with Gasteiger partial charge < -0.3 is 18.9 Å². The summed E-state index contributed by atoms with van der Waals surface area (Å²) in [5.74, 6) is -1.47. The van der Waals surface area contributed by atoms with Crippen molar-refractivity contribution in [3.63, 3.8) is 0 Å². The van der Waals surface area contributed by atoms with Crippen LogP contribution in [0.3, 0.4) is 0 Å². The number of carbonyl (C=O) groups is 3. The molecule has 0 bridgehead atoms. The van der Waals surface area contributed by atoms with Gasteiger partial charge in [0.15, 0.2) is 6.61 Å². The number of nitro groups is 1. The average Bonchev–Trinajstić information content (AvgIpc) is 2.90. The van der Waals surface area contributed by atoms with Crippen molar-refractivity contribution in [3.8, 4) is 5.75 Å². The molecule has 1 unspecified atom stereocenters. The highest BCUT2D eigenvalue weighted by atomic mass is 16.6. The number of hydrogen-bond acceptors (Lipinski definition) is 9. The first-order valence-corrected chi connectivity index (χ1v) is 11.1. The molecule has 0 aromatic heterocycles. The number of allylic oxidation sites excluding steroid dienone is 3. The number of nitrogens with zero attached hydrogens (tertiary/aromatic N) is 2. The molecule has 2 aromatic rings. The van der Waals surface area contributed by atoms with Crippen LogP contribution in [-0.2, 0) is 30.4 Å². The van der Waals surface area contributed by atoms with Crippen LogP contribution in [0.5, 0.6) is 5.75 Å². The molecule has 0 fully saturated rings. The molecule has 194 valence electrons. The highest BCUT2D eigenvalue weighted by Crippen LogP contribution is 2.38. The highest BCUT2D eigenvalue weighted by Gasteiger charge is 2.35. The number of methoxy groups -OCH3 is 2. The van der Waals surface area contributed by atoms with Crippen molar-refractivity contribution in [1.82, 2.24) is 4.90 Å². The van der Waals surface area contributed by atoms with Gasteiger partial charge in [0, 0.05) is 29.4 Å². The van der Waals surface area contributed by atoms with E-state index in [4.69, 9.17) is 14.2 Å². The van der Waals surface area contributed by atoms with E-state index in [0.29, 0.717) is 22.6 Å². The summed E-state index contributed by atoms with van der Waals surface area (Å²) in [6.45, 7) is 2.89. The van der Waals surface area contributed by atoms with Gasteiger partial charge in [0.1, 0.15) is 12.4 Å². The fourth-order valence-corrected chi connectivity index (χ4v) is 3.91. The minimum atomic E-state index is -0.731. The predicted octanol–water partition coefficient (Wildman–Crippen LogP) is 4.23. The number of non-ortho nitro benzene ring substituents is 1. The molecule has 11 heteroatoms. The molecule has 0 N–H and O–H groups in total. The Bertz CT molecular complexity index is 1280. The molecule has 11 nitrogen and oxygen atoms in total. The van der Waals surface area contributed by atoms with Crippen LogP contribution in [0.1, 0.15) is 30.9 Å². The summed E-state index contributed by atoms with van der Waals surface area (Å²) >= 11 is 0. The van der Waals surface area contributed by atoms with Crippen molar-refractivity contribution < 1.29 is 38.3 Å². The van der Waals surface area contributed by atoms with Gasteiger partial charge in [-0.3, -0.25) is 15.0 Å². The molecule has 0 spiro atoms. The van der Waals surface area contributed by atoms with Crippen molar-refractivity contribution in [2.75, 3.05) is 20.8 Å². The van der Waals surface area contributed by atoms with E-state index in [9.17, 15) is 24.5 Å². The predicted molar refractivity (Wildman–Crippen MR) is 130 cm³/mol. The van der Waals surface area contributed by atoms with E-state index >= 15 is 0 Å². The van der Waals surface area contributed by atoms with E-state index in [1.54, 1.807) is 50.3 Å².